The van der Waals surface area contributed by atoms with E-state index in [0.29, 0.717) is 12.1 Å². The van der Waals surface area contributed by atoms with E-state index < -0.39 is 0 Å². The largest absolute Gasteiger partial charge is 0.367 e. The van der Waals surface area contributed by atoms with Gasteiger partial charge in [-0.3, -0.25) is 4.79 Å². The van der Waals surface area contributed by atoms with Gasteiger partial charge in [-0.25, -0.2) is 4.98 Å². The highest BCUT2D eigenvalue weighted by Crippen LogP contribution is 2.28. The summed E-state index contributed by atoms with van der Waals surface area (Å²) in [5.41, 5.74) is 3.59. The summed E-state index contributed by atoms with van der Waals surface area (Å²) in [7, 11) is 4.33. The fourth-order valence-corrected chi connectivity index (χ4v) is 4.39. The number of aryl methyl sites for hydroxylation is 1. The lowest BCUT2D eigenvalue weighted by Gasteiger charge is -2.33. The van der Waals surface area contributed by atoms with Crippen LogP contribution in [0.4, 0.5) is 23.0 Å². The lowest BCUT2D eigenvalue weighted by molar-refractivity contribution is -0.114. The van der Waals surface area contributed by atoms with Crippen LogP contribution in [0, 0.1) is 0 Å². The van der Waals surface area contributed by atoms with Crippen LogP contribution in [0.25, 0.3) is 5.65 Å². The molecule has 4 rings (SSSR count). The molecule has 2 heterocycles. The number of hydrogen-bond acceptors (Lipinski definition) is 6. The van der Waals surface area contributed by atoms with Crippen LogP contribution in [-0.2, 0) is 11.2 Å². The van der Waals surface area contributed by atoms with Crippen LogP contribution in [0.5, 0.6) is 0 Å². The molecular formula is C24H33N7O. The lowest BCUT2D eigenvalue weighted by Crippen LogP contribution is -2.36. The van der Waals surface area contributed by atoms with Gasteiger partial charge in [0.15, 0.2) is 5.65 Å². The van der Waals surface area contributed by atoms with Gasteiger partial charge in [0.1, 0.15) is 11.6 Å². The molecule has 0 unspecified atom stereocenters. The predicted molar refractivity (Wildman–Crippen MR) is 130 cm³/mol. The first-order chi connectivity index (χ1) is 15.4. The Hall–Kier alpha value is -3.13. The molecule has 0 saturated heterocycles. The Morgan fingerprint density at radius 1 is 1.16 bits per heavy atom. The van der Waals surface area contributed by atoms with E-state index in [0.717, 1.165) is 53.5 Å². The van der Waals surface area contributed by atoms with Gasteiger partial charge in [0.25, 0.3) is 0 Å². The van der Waals surface area contributed by atoms with Crippen LogP contribution in [0.2, 0.25) is 0 Å². The van der Waals surface area contributed by atoms with Gasteiger partial charge in [-0.1, -0.05) is 13.0 Å². The van der Waals surface area contributed by atoms with E-state index in [4.69, 9.17) is 4.98 Å². The zero-order chi connectivity index (χ0) is 22.7. The molecule has 3 N–H and O–H groups in total. The number of hydrogen-bond donors (Lipinski definition) is 3. The minimum Gasteiger partial charge on any atom is -0.367 e. The second-order valence-corrected chi connectivity index (χ2v) is 8.79. The minimum atomic E-state index is -0.0939. The van der Waals surface area contributed by atoms with Gasteiger partial charge < -0.3 is 20.9 Å². The molecule has 0 aliphatic heterocycles. The summed E-state index contributed by atoms with van der Waals surface area (Å²) in [6, 6.07) is 10.8. The van der Waals surface area contributed by atoms with Crippen LogP contribution < -0.4 is 16.0 Å². The average molecular weight is 436 g/mol. The van der Waals surface area contributed by atoms with Crippen molar-refractivity contribution < 1.29 is 4.79 Å². The third kappa shape index (κ3) is 5.02. The molecule has 1 aromatic carbocycles. The number of fused-ring (bicyclic) bond motifs is 1. The first-order valence-corrected chi connectivity index (χ1v) is 11.4. The fourth-order valence-electron chi connectivity index (χ4n) is 4.39. The number of anilines is 4. The molecule has 170 valence electrons. The quantitative estimate of drug-likeness (QED) is 0.514. The Labute approximate surface area is 189 Å². The normalized spacial score (nSPS) is 18.7. The summed E-state index contributed by atoms with van der Waals surface area (Å²) in [6.45, 7) is 3.62. The standard InChI is InChI=1S/C24H33N7O/c1-5-17-15-25-31-23(28-20-8-6-7-19(13-20)26-16(2)32)14-22(29-24(17)31)27-18-9-11-21(12-10-18)30(3)4/h6-8,13-15,18,21,28H,5,9-12H2,1-4H3,(H,26,32)(H,27,29)/t18-,21-. The number of carbonyl (C=O) groups is 1. The van der Waals surface area contributed by atoms with Crippen molar-refractivity contribution in [3.63, 3.8) is 0 Å². The van der Waals surface area contributed by atoms with Gasteiger partial charge in [0.2, 0.25) is 5.91 Å². The molecule has 32 heavy (non-hydrogen) atoms. The van der Waals surface area contributed by atoms with E-state index in [2.05, 4.69) is 47.0 Å². The Morgan fingerprint density at radius 3 is 2.59 bits per heavy atom. The highest BCUT2D eigenvalue weighted by Gasteiger charge is 2.23. The second kappa shape index (κ2) is 9.56. The van der Waals surface area contributed by atoms with Crippen LogP contribution in [0.15, 0.2) is 36.5 Å². The zero-order valence-electron chi connectivity index (χ0n) is 19.4. The summed E-state index contributed by atoms with van der Waals surface area (Å²) in [5.74, 6) is 1.60. The number of aromatic nitrogens is 3. The van der Waals surface area contributed by atoms with E-state index in [9.17, 15) is 4.79 Å². The van der Waals surface area contributed by atoms with Crippen LogP contribution in [0.1, 0.15) is 45.1 Å². The van der Waals surface area contributed by atoms with Gasteiger partial charge in [-0.15, -0.1) is 0 Å². The SMILES string of the molecule is CCc1cnn2c(Nc3cccc(NC(C)=O)c3)cc(N[C@H]3CC[C@H](N(C)C)CC3)nc12. The molecule has 1 fully saturated rings. The number of amides is 1. The van der Waals surface area contributed by atoms with Crippen molar-refractivity contribution in [2.45, 2.75) is 58.0 Å². The van der Waals surface area contributed by atoms with Gasteiger partial charge in [0, 0.05) is 42.0 Å². The van der Waals surface area contributed by atoms with E-state index in [-0.39, 0.29) is 5.91 Å². The third-order valence-electron chi connectivity index (χ3n) is 6.16. The van der Waals surface area contributed by atoms with Crippen molar-refractivity contribution in [3.05, 3.63) is 42.1 Å². The first-order valence-electron chi connectivity index (χ1n) is 11.4. The maximum Gasteiger partial charge on any atom is 0.221 e. The summed E-state index contributed by atoms with van der Waals surface area (Å²) in [5, 5.41) is 14.5. The molecule has 8 heteroatoms. The second-order valence-electron chi connectivity index (χ2n) is 8.79. The molecule has 0 radical (unpaired) electrons. The van der Waals surface area contributed by atoms with E-state index >= 15 is 0 Å². The number of nitrogens with zero attached hydrogens (tertiary/aromatic N) is 4. The maximum absolute atomic E-state index is 11.4. The summed E-state index contributed by atoms with van der Waals surface area (Å²) in [6.07, 6.45) is 7.41. The maximum atomic E-state index is 11.4. The molecular weight excluding hydrogens is 402 g/mol. The summed E-state index contributed by atoms with van der Waals surface area (Å²) in [4.78, 5) is 18.6. The highest BCUT2D eigenvalue weighted by molar-refractivity contribution is 5.89. The Kier molecular flexibility index (Phi) is 6.60. The minimum absolute atomic E-state index is 0.0939. The lowest BCUT2D eigenvalue weighted by atomic mass is 9.90. The van der Waals surface area contributed by atoms with E-state index in [1.807, 2.05) is 41.0 Å². The number of rotatable bonds is 7. The molecule has 1 amide bonds. The molecule has 8 nitrogen and oxygen atoms in total. The van der Waals surface area contributed by atoms with Crippen molar-refractivity contribution in [2.24, 2.45) is 0 Å². The van der Waals surface area contributed by atoms with Crippen molar-refractivity contribution in [3.8, 4) is 0 Å². The van der Waals surface area contributed by atoms with Crippen molar-refractivity contribution >= 4 is 34.6 Å². The zero-order valence-corrected chi connectivity index (χ0v) is 19.4. The first kappa shape index (κ1) is 22.1. The molecule has 0 spiro atoms. The monoisotopic (exact) mass is 435 g/mol. The molecule has 0 atom stereocenters. The van der Waals surface area contributed by atoms with Crippen LogP contribution in [0.3, 0.4) is 0 Å². The third-order valence-corrected chi connectivity index (χ3v) is 6.16. The molecule has 1 aliphatic carbocycles. The van der Waals surface area contributed by atoms with Gasteiger partial charge in [-0.05, 0) is 64.4 Å². The van der Waals surface area contributed by atoms with E-state index in [1.165, 1.54) is 19.8 Å². The van der Waals surface area contributed by atoms with Crippen molar-refractivity contribution in [2.75, 3.05) is 30.0 Å². The summed E-state index contributed by atoms with van der Waals surface area (Å²) >= 11 is 0. The summed E-state index contributed by atoms with van der Waals surface area (Å²) < 4.78 is 1.85. The molecule has 2 aromatic heterocycles. The predicted octanol–water partition coefficient (Wildman–Crippen LogP) is 4.28. The Balaban J connectivity index is 1.59. The molecule has 3 aromatic rings. The Morgan fingerprint density at radius 2 is 1.91 bits per heavy atom. The van der Waals surface area contributed by atoms with Crippen LogP contribution in [-0.4, -0.2) is 51.6 Å². The number of nitrogens with one attached hydrogen (secondary N) is 3. The fraction of sp³-hybridized carbons (Fsp3) is 0.458. The van der Waals surface area contributed by atoms with Crippen LogP contribution >= 0.6 is 0 Å². The molecule has 1 saturated carbocycles. The van der Waals surface area contributed by atoms with Gasteiger partial charge >= 0.3 is 0 Å². The van der Waals surface area contributed by atoms with Crippen molar-refractivity contribution in [1.29, 1.82) is 0 Å². The number of carbonyl (C=O) groups excluding carboxylic acids is 1. The van der Waals surface area contributed by atoms with Gasteiger partial charge in [0.05, 0.1) is 6.20 Å². The molecule has 0 bridgehead atoms. The molecule has 1 aliphatic rings. The Bertz CT molecular complexity index is 1080. The average Bonchev–Trinajstić information content (AvgIpc) is 3.17. The topological polar surface area (TPSA) is 86.6 Å². The van der Waals surface area contributed by atoms with Gasteiger partial charge in [-0.2, -0.15) is 9.61 Å². The smallest absolute Gasteiger partial charge is 0.221 e. The van der Waals surface area contributed by atoms with Crippen molar-refractivity contribution in [1.82, 2.24) is 19.5 Å². The van der Waals surface area contributed by atoms with E-state index in [1.54, 1.807) is 0 Å². The number of benzene rings is 1. The highest BCUT2D eigenvalue weighted by atomic mass is 16.1.